The monoisotopic (exact) mass is 365 g/mol. The number of hydrogen-bond acceptors (Lipinski definition) is 3. The molecule has 1 unspecified atom stereocenters. The third-order valence-corrected chi connectivity index (χ3v) is 5.70. The van der Waals surface area contributed by atoms with Crippen LogP contribution in [0.3, 0.4) is 0 Å². The van der Waals surface area contributed by atoms with E-state index < -0.39 is 0 Å². The first-order valence-corrected chi connectivity index (χ1v) is 9.31. The topological polar surface area (TPSA) is 55.8 Å². The van der Waals surface area contributed by atoms with Crippen molar-refractivity contribution in [3.63, 3.8) is 0 Å². The van der Waals surface area contributed by atoms with Gasteiger partial charge in [-0.15, -0.1) is 0 Å². The Labute approximate surface area is 158 Å². The van der Waals surface area contributed by atoms with Crippen LogP contribution in [0.2, 0.25) is 0 Å². The van der Waals surface area contributed by atoms with Gasteiger partial charge >= 0.3 is 0 Å². The lowest BCUT2D eigenvalue weighted by atomic mass is 9.95. The molecule has 2 atom stereocenters. The van der Waals surface area contributed by atoms with Gasteiger partial charge in [-0.25, -0.2) is 0 Å². The number of carbonyl (C=O) groups excluding carboxylic acids is 1. The molecule has 0 aliphatic carbocycles. The summed E-state index contributed by atoms with van der Waals surface area (Å²) in [5.41, 5.74) is 4.29. The van der Waals surface area contributed by atoms with E-state index in [-0.39, 0.29) is 11.8 Å². The number of hydrogen-bond donors (Lipinski definition) is 2. The Kier molecular flexibility index (Phi) is 4.62. The molecule has 140 valence electrons. The van der Waals surface area contributed by atoms with Crippen molar-refractivity contribution in [1.82, 2.24) is 4.98 Å². The summed E-state index contributed by atoms with van der Waals surface area (Å²) >= 11 is 0. The van der Waals surface area contributed by atoms with Crippen molar-refractivity contribution in [2.45, 2.75) is 25.9 Å². The van der Waals surface area contributed by atoms with Crippen LogP contribution in [0.1, 0.15) is 28.4 Å². The van der Waals surface area contributed by atoms with Crippen LogP contribution in [0, 0.1) is 0 Å². The van der Waals surface area contributed by atoms with E-state index in [0.29, 0.717) is 0 Å². The van der Waals surface area contributed by atoms with Crippen molar-refractivity contribution < 1.29 is 19.2 Å². The van der Waals surface area contributed by atoms with Gasteiger partial charge < -0.3 is 19.4 Å². The lowest BCUT2D eigenvalue weighted by Crippen LogP contribution is -3.16. The second kappa shape index (κ2) is 7.08. The van der Waals surface area contributed by atoms with Crippen molar-refractivity contribution in [1.29, 1.82) is 0 Å². The zero-order valence-electron chi connectivity index (χ0n) is 16.0. The fraction of sp³-hybridized carbons (Fsp3) is 0.318. The van der Waals surface area contributed by atoms with E-state index in [1.807, 2.05) is 37.4 Å². The molecule has 0 spiro atoms. The summed E-state index contributed by atoms with van der Waals surface area (Å²) in [5, 5.41) is 0.998. The first-order chi connectivity index (χ1) is 13.1. The van der Waals surface area contributed by atoms with Gasteiger partial charge in [-0.3, -0.25) is 4.79 Å². The molecule has 0 saturated heterocycles. The summed E-state index contributed by atoms with van der Waals surface area (Å²) < 4.78 is 10.9. The minimum absolute atomic E-state index is 0.106. The molecular weight excluding hydrogens is 340 g/mol. The number of Topliss-reactive ketones (excluding diaryl/α,β-unsaturated/α-hetero) is 1. The molecular formula is C22H25N2O3+. The number of rotatable bonds is 5. The van der Waals surface area contributed by atoms with E-state index >= 15 is 0 Å². The molecule has 1 aliphatic heterocycles. The second-order valence-electron chi connectivity index (χ2n) is 7.14. The minimum atomic E-state index is -0.106. The number of methoxy groups -OCH3 is 2. The van der Waals surface area contributed by atoms with E-state index in [2.05, 4.69) is 17.1 Å². The molecule has 0 bridgehead atoms. The molecule has 1 aliphatic rings. The molecule has 27 heavy (non-hydrogen) atoms. The first kappa shape index (κ1) is 17.6. The Bertz CT molecular complexity index is 992. The fourth-order valence-electron chi connectivity index (χ4n) is 4.05. The van der Waals surface area contributed by atoms with Crippen molar-refractivity contribution >= 4 is 16.7 Å². The van der Waals surface area contributed by atoms with E-state index in [1.165, 1.54) is 16.0 Å². The van der Waals surface area contributed by atoms with Crippen LogP contribution in [0.5, 0.6) is 11.5 Å². The Morgan fingerprint density at radius 1 is 1.11 bits per heavy atom. The van der Waals surface area contributed by atoms with Gasteiger partial charge in [0, 0.05) is 34.6 Å². The van der Waals surface area contributed by atoms with Gasteiger partial charge in [0.1, 0.15) is 12.6 Å². The van der Waals surface area contributed by atoms with Crippen LogP contribution in [0.15, 0.2) is 42.6 Å². The molecule has 5 nitrogen and oxygen atoms in total. The number of para-hydroxylation sites is 1. The zero-order valence-corrected chi connectivity index (χ0v) is 16.0. The number of aromatic nitrogens is 1. The van der Waals surface area contributed by atoms with Crippen LogP contribution < -0.4 is 14.4 Å². The minimum Gasteiger partial charge on any atom is -0.493 e. The van der Waals surface area contributed by atoms with E-state index in [4.69, 9.17) is 9.47 Å². The third kappa shape index (κ3) is 3.08. The van der Waals surface area contributed by atoms with E-state index in [1.54, 1.807) is 14.2 Å². The van der Waals surface area contributed by atoms with Crippen molar-refractivity contribution in [3.8, 4) is 11.5 Å². The van der Waals surface area contributed by atoms with Crippen LogP contribution in [-0.4, -0.2) is 37.6 Å². The molecule has 5 heteroatoms. The third-order valence-electron chi connectivity index (χ3n) is 5.70. The molecule has 4 rings (SSSR count). The molecule has 2 aromatic carbocycles. The lowest BCUT2D eigenvalue weighted by molar-refractivity contribution is -0.929. The number of fused-ring (bicyclic) bond motifs is 2. The zero-order chi connectivity index (χ0) is 19.0. The number of carbonyl (C=O) groups is 1. The molecule has 3 aromatic rings. The van der Waals surface area contributed by atoms with Crippen LogP contribution >= 0.6 is 0 Å². The van der Waals surface area contributed by atoms with Gasteiger partial charge in [-0.1, -0.05) is 18.2 Å². The SMILES string of the molecule is COc1cc2c(cc1OC)C[NH+]([C@@H](C)C(=O)c1c[nH]c3ccccc13)CC2. The number of H-pyrrole nitrogens is 1. The average Bonchev–Trinajstić information content (AvgIpc) is 3.15. The fourth-order valence-corrected chi connectivity index (χ4v) is 4.05. The Morgan fingerprint density at radius 3 is 2.56 bits per heavy atom. The quantitative estimate of drug-likeness (QED) is 0.683. The summed E-state index contributed by atoms with van der Waals surface area (Å²) in [6.07, 6.45) is 2.77. The standard InChI is InChI=1S/C22H24N2O3/c1-14(22(25)18-12-23-19-7-5-4-6-17(18)19)24-9-8-15-10-20(26-2)21(27-3)11-16(15)13-24/h4-7,10-12,14,23H,8-9,13H2,1-3H3/p+1/t14-/m0/s1. The lowest BCUT2D eigenvalue weighted by Gasteiger charge is -2.30. The Hall–Kier alpha value is -2.79. The smallest absolute Gasteiger partial charge is 0.221 e. The van der Waals surface area contributed by atoms with Gasteiger partial charge in [0.15, 0.2) is 11.5 Å². The average molecular weight is 365 g/mol. The summed E-state index contributed by atoms with van der Waals surface area (Å²) in [6.45, 7) is 3.77. The number of quaternary nitrogens is 1. The van der Waals surface area contributed by atoms with Crippen LogP contribution in [0.4, 0.5) is 0 Å². The van der Waals surface area contributed by atoms with Crippen molar-refractivity contribution in [2.75, 3.05) is 20.8 Å². The number of ether oxygens (including phenoxy) is 2. The predicted molar refractivity (Wildman–Crippen MR) is 105 cm³/mol. The van der Waals surface area contributed by atoms with Gasteiger partial charge in [0.05, 0.1) is 20.8 Å². The summed E-state index contributed by atoms with van der Waals surface area (Å²) in [6, 6.07) is 12.0. The highest BCUT2D eigenvalue weighted by Crippen LogP contribution is 2.31. The largest absolute Gasteiger partial charge is 0.493 e. The van der Waals surface area contributed by atoms with Crippen LogP contribution in [-0.2, 0) is 13.0 Å². The first-order valence-electron chi connectivity index (χ1n) is 9.31. The molecule has 0 amide bonds. The highest BCUT2D eigenvalue weighted by Gasteiger charge is 2.31. The molecule has 2 N–H and O–H groups in total. The van der Waals surface area contributed by atoms with Crippen molar-refractivity contribution in [3.05, 3.63) is 59.3 Å². The summed E-state index contributed by atoms with van der Waals surface area (Å²) in [7, 11) is 3.31. The molecule has 0 radical (unpaired) electrons. The normalized spacial score (nSPS) is 17.4. The van der Waals surface area contributed by atoms with Crippen LogP contribution in [0.25, 0.3) is 10.9 Å². The van der Waals surface area contributed by atoms with Gasteiger partial charge in [-0.2, -0.15) is 0 Å². The van der Waals surface area contributed by atoms with Gasteiger partial charge in [-0.05, 0) is 30.7 Å². The summed E-state index contributed by atoms with van der Waals surface area (Å²) in [5.74, 6) is 1.70. The van der Waals surface area contributed by atoms with Crippen molar-refractivity contribution in [2.24, 2.45) is 0 Å². The maximum atomic E-state index is 13.2. The summed E-state index contributed by atoms with van der Waals surface area (Å²) in [4.78, 5) is 17.7. The second-order valence-corrected chi connectivity index (χ2v) is 7.14. The maximum Gasteiger partial charge on any atom is 0.221 e. The van der Waals surface area contributed by atoms with E-state index in [9.17, 15) is 4.79 Å². The van der Waals surface area contributed by atoms with Gasteiger partial charge in [0.25, 0.3) is 0 Å². The molecule has 0 fully saturated rings. The van der Waals surface area contributed by atoms with Gasteiger partial charge in [0.2, 0.25) is 5.78 Å². The highest BCUT2D eigenvalue weighted by atomic mass is 16.5. The Morgan fingerprint density at radius 2 is 1.81 bits per heavy atom. The molecule has 1 aromatic heterocycles. The van der Waals surface area contributed by atoms with E-state index in [0.717, 1.165) is 47.5 Å². The Balaban J connectivity index is 1.59. The number of ketones is 1. The predicted octanol–water partition coefficient (Wildman–Crippen LogP) is 2.40. The molecule has 0 saturated carbocycles. The molecule has 2 heterocycles. The maximum absolute atomic E-state index is 13.2. The number of nitrogens with one attached hydrogen (secondary N) is 2. The number of aromatic amines is 1. The number of benzene rings is 2. The highest BCUT2D eigenvalue weighted by molar-refractivity contribution is 6.09.